The Balaban J connectivity index is 1.63. The van der Waals surface area contributed by atoms with E-state index < -0.39 is 5.91 Å². The van der Waals surface area contributed by atoms with E-state index in [0.29, 0.717) is 15.8 Å². The maximum absolute atomic E-state index is 12.0. The summed E-state index contributed by atoms with van der Waals surface area (Å²) in [6, 6.07) is 8.76. The van der Waals surface area contributed by atoms with E-state index in [1.807, 2.05) is 6.07 Å². The molecule has 0 aromatic carbocycles. The molecule has 22 heavy (non-hydrogen) atoms. The summed E-state index contributed by atoms with van der Waals surface area (Å²) in [5.41, 5.74) is 6.60. The van der Waals surface area contributed by atoms with Crippen molar-refractivity contribution in [1.82, 2.24) is 21.0 Å². The van der Waals surface area contributed by atoms with Gasteiger partial charge in [-0.2, -0.15) is 5.10 Å². The van der Waals surface area contributed by atoms with Crippen LogP contribution in [-0.4, -0.2) is 16.1 Å². The highest BCUT2D eigenvalue weighted by molar-refractivity contribution is 7.19. The van der Waals surface area contributed by atoms with Gasteiger partial charge in [0, 0.05) is 0 Å². The van der Waals surface area contributed by atoms with Crippen LogP contribution in [0.2, 0.25) is 4.34 Å². The fourth-order valence-electron chi connectivity index (χ4n) is 1.73. The molecule has 8 heteroatoms. The van der Waals surface area contributed by atoms with Gasteiger partial charge in [0.05, 0.1) is 26.9 Å². The molecule has 0 fully saturated rings. The zero-order valence-electron chi connectivity index (χ0n) is 11.2. The van der Waals surface area contributed by atoms with E-state index in [0.717, 1.165) is 10.6 Å². The maximum Gasteiger partial charge on any atom is 0.290 e. The first-order valence-electron chi connectivity index (χ1n) is 6.24. The van der Waals surface area contributed by atoms with Crippen LogP contribution in [0.15, 0.2) is 47.6 Å². The largest absolute Gasteiger partial charge is 0.463 e. The van der Waals surface area contributed by atoms with Crippen LogP contribution in [0.1, 0.15) is 16.2 Å². The summed E-state index contributed by atoms with van der Waals surface area (Å²) >= 11 is 7.29. The van der Waals surface area contributed by atoms with Crippen LogP contribution < -0.4 is 10.9 Å². The Morgan fingerprint density at radius 2 is 2.23 bits per heavy atom. The van der Waals surface area contributed by atoms with Gasteiger partial charge in [-0.15, -0.1) is 11.3 Å². The molecule has 0 radical (unpaired) electrons. The number of halogens is 1. The second-order valence-electron chi connectivity index (χ2n) is 4.31. The number of nitrogens with zero attached hydrogens (tertiary/aromatic N) is 1. The third-order valence-electron chi connectivity index (χ3n) is 2.79. The van der Waals surface area contributed by atoms with Gasteiger partial charge in [-0.1, -0.05) is 18.2 Å². The number of carbonyl (C=O) groups excluding carboxylic acids is 1. The topological polar surface area (TPSA) is 83.0 Å². The molecule has 0 aliphatic rings. The van der Waals surface area contributed by atoms with Gasteiger partial charge in [0.1, 0.15) is 0 Å². The first kappa shape index (κ1) is 14.4. The van der Waals surface area contributed by atoms with Crippen LogP contribution in [0.3, 0.4) is 0 Å². The van der Waals surface area contributed by atoms with Gasteiger partial charge in [-0.3, -0.25) is 20.7 Å². The monoisotopic (exact) mass is 334 g/mol. The third kappa shape index (κ3) is 3.05. The second kappa shape index (κ2) is 6.08. The molecular formula is C14H11ClN4O2S. The average molecular weight is 335 g/mol. The summed E-state index contributed by atoms with van der Waals surface area (Å²) in [5.74, 6) is 0.147. The number of H-pyrrole nitrogens is 1. The molecule has 112 valence electrons. The molecule has 0 aliphatic heterocycles. The van der Waals surface area contributed by atoms with E-state index in [1.165, 1.54) is 17.6 Å². The fourth-order valence-corrected chi connectivity index (χ4v) is 2.74. The molecule has 3 N–H and O–H groups in total. The van der Waals surface area contributed by atoms with Crippen molar-refractivity contribution < 1.29 is 9.21 Å². The van der Waals surface area contributed by atoms with Crippen molar-refractivity contribution in [2.45, 2.75) is 0 Å². The Morgan fingerprint density at radius 3 is 2.91 bits per heavy atom. The Morgan fingerprint density at radius 1 is 1.36 bits per heavy atom. The molecule has 3 aromatic rings. The molecule has 3 rings (SSSR count). The number of thiophene rings is 1. The quantitative estimate of drug-likeness (QED) is 0.625. The number of hydrogen-bond acceptors (Lipinski definition) is 5. The zero-order valence-corrected chi connectivity index (χ0v) is 12.8. The lowest BCUT2D eigenvalue weighted by Gasteiger charge is -2.07. The van der Waals surface area contributed by atoms with Gasteiger partial charge in [0.2, 0.25) is 0 Å². The summed E-state index contributed by atoms with van der Waals surface area (Å²) in [7, 11) is 0. The number of nitrogens with one attached hydrogen (secondary N) is 3. The van der Waals surface area contributed by atoms with Crippen molar-refractivity contribution in [1.29, 1.82) is 0 Å². The highest BCUT2D eigenvalue weighted by Gasteiger charge is 2.13. The molecule has 6 nitrogen and oxygen atoms in total. The molecule has 0 saturated carbocycles. The van der Waals surface area contributed by atoms with Crippen molar-refractivity contribution in [3.05, 3.63) is 59.0 Å². The summed E-state index contributed by atoms with van der Waals surface area (Å²) < 4.78 is 5.82. The standard InChI is InChI=1S/C14H11ClN4O2S/c1-8(11-3-2-6-21-11)16-19-14(20)10-7-9(17-18-10)12-4-5-13(15)22-12/h2-7,16H,1H2,(H,17,18)(H,19,20). The molecule has 0 unspecified atom stereocenters. The minimum absolute atomic E-state index is 0.249. The molecule has 3 aromatic heterocycles. The number of hydrogen-bond donors (Lipinski definition) is 3. The summed E-state index contributed by atoms with van der Waals surface area (Å²) in [4.78, 5) is 12.9. The molecular weight excluding hydrogens is 324 g/mol. The predicted octanol–water partition coefficient (Wildman–Crippen LogP) is 3.29. The van der Waals surface area contributed by atoms with E-state index in [2.05, 4.69) is 27.6 Å². The van der Waals surface area contributed by atoms with Crippen LogP contribution >= 0.6 is 22.9 Å². The number of carbonyl (C=O) groups is 1. The third-order valence-corrected chi connectivity index (χ3v) is 4.06. The second-order valence-corrected chi connectivity index (χ2v) is 6.02. The Labute approximate surface area is 134 Å². The van der Waals surface area contributed by atoms with Crippen LogP contribution in [-0.2, 0) is 0 Å². The molecule has 0 aliphatic carbocycles. The number of hydrazine groups is 1. The highest BCUT2D eigenvalue weighted by atomic mass is 35.5. The van der Waals surface area contributed by atoms with Gasteiger partial charge < -0.3 is 4.42 Å². The average Bonchev–Trinajstić information content (AvgIpc) is 3.23. The SMILES string of the molecule is C=C(NNC(=O)c1cc(-c2ccc(Cl)s2)[nH]n1)c1ccco1. The molecule has 0 spiro atoms. The Bertz CT molecular complexity index is 807. The van der Waals surface area contributed by atoms with Gasteiger partial charge in [-0.05, 0) is 30.3 Å². The smallest absolute Gasteiger partial charge is 0.290 e. The van der Waals surface area contributed by atoms with Crippen LogP contribution in [0.4, 0.5) is 0 Å². The van der Waals surface area contributed by atoms with E-state index in [-0.39, 0.29) is 5.69 Å². The van der Waals surface area contributed by atoms with E-state index in [4.69, 9.17) is 16.0 Å². The maximum atomic E-state index is 12.0. The van der Waals surface area contributed by atoms with E-state index in [1.54, 1.807) is 24.3 Å². The van der Waals surface area contributed by atoms with E-state index in [9.17, 15) is 4.79 Å². The van der Waals surface area contributed by atoms with Crippen molar-refractivity contribution in [3.63, 3.8) is 0 Å². The van der Waals surface area contributed by atoms with Gasteiger partial charge in [0.15, 0.2) is 11.5 Å². The first-order chi connectivity index (χ1) is 10.6. The van der Waals surface area contributed by atoms with Crippen LogP contribution in [0.5, 0.6) is 0 Å². The molecule has 3 heterocycles. The van der Waals surface area contributed by atoms with Gasteiger partial charge >= 0.3 is 0 Å². The lowest BCUT2D eigenvalue weighted by Crippen LogP contribution is -2.35. The van der Waals surface area contributed by atoms with Crippen LogP contribution in [0, 0.1) is 0 Å². The molecule has 1 amide bonds. The van der Waals surface area contributed by atoms with Gasteiger partial charge in [-0.25, -0.2) is 0 Å². The number of aromatic amines is 1. The minimum Gasteiger partial charge on any atom is -0.463 e. The van der Waals surface area contributed by atoms with Gasteiger partial charge in [0.25, 0.3) is 5.91 Å². The molecule has 0 saturated heterocycles. The zero-order chi connectivity index (χ0) is 15.5. The summed E-state index contributed by atoms with van der Waals surface area (Å²) in [5, 5.41) is 6.78. The van der Waals surface area contributed by atoms with E-state index >= 15 is 0 Å². The summed E-state index contributed by atoms with van der Waals surface area (Å²) in [6.07, 6.45) is 1.52. The Kier molecular flexibility index (Phi) is 3.99. The fraction of sp³-hybridized carbons (Fsp3) is 0. The number of rotatable bonds is 5. The lowest BCUT2D eigenvalue weighted by molar-refractivity contribution is 0.0937. The Hall–Kier alpha value is -2.51. The van der Waals surface area contributed by atoms with Crippen molar-refractivity contribution in [2.24, 2.45) is 0 Å². The van der Waals surface area contributed by atoms with Crippen molar-refractivity contribution in [2.75, 3.05) is 0 Å². The number of furan rings is 1. The first-order valence-corrected chi connectivity index (χ1v) is 7.43. The normalized spacial score (nSPS) is 10.4. The number of aromatic nitrogens is 2. The summed E-state index contributed by atoms with van der Waals surface area (Å²) in [6.45, 7) is 3.76. The van der Waals surface area contributed by atoms with Crippen molar-refractivity contribution >= 4 is 34.5 Å². The molecule has 0 atom stereocenters. The molecule has 0 bridgehead atoms. The van der Waals surface area contributed by atoms with Crippen molar-refractivity contribution in [3.8, 4) is 10.6 Å². The lowest BCUT2D eigenvalue weighted by atomic mass is 10.3. The highest BCUT2D eigenvalue weighted by Crippen LogP contribution is 2.29. The predicted molar refractivity (Wildman–Crippen MR) is 85.3 cm³/mol. The number of amides is 1. The minimum atomic E-state index is -0.391. The van der Waals surface area contributed by atoms with Crippen LogP contribution in [0.25, 0.3) is 16.3 Å².